The summed E-state index contributed by atoms with van der Waals surface area (Å²) in [7, 11) is 0. The van der Waals surface area contributed by atoms with Gasteiger partial charge in [-0.2, -0.15) is 0 Å². The SMILES string of the molecule is NCc1ccc(N2CCCc3ccccc32)c(F)c1F. The van der Waals surface area contributed by atoms with Crippen molar-refractivity contribution >= 4 is 11.4 Å². The molecule has 0 fully saturated rings. The molecule has 0 atom stereocenters. The van der Waals surface area contributed by atoms with E-state index in [9.17, 15) is 8.78 Å². The molecule has 0 saturated heterocycles. The van der Waals surface area contributed by atoms with Gasteiger partial charge in [0, 0.05) is 24.3 Å². The molecule has 0 radical (unpaired) electrons. The molecule has 3 rings (SSSR count). The monoisotopic (exact) mass is 274 g/mol. The van der Waals surface area contributed by atoms with Crippen LogP contribution in [0.2, 0.25) is 0 Å². The van der Waals surface area contributed by atoms with Crippen LogP contribution >= 0.6 is 0 Å². The molecule has 0 aliphatic carbocycles. The van der Waals surface area contributed by atoms with Crippen molar-refractivity contribution in [3.63, 3.8) is 0 Å². The quantitative estimate of drug-likeness (QED) is 0.908. The van der Waals surface area contributed by atoms with Gasteiger partial charge in [0.15, 0.2) is 11.6 Å². The van der Waals surface area contributed by atoms with Crippen molar-refractivity contribution in [2.45, 2.75) is 19.4 Å². The fourth-order valence-electron chi connectivity index (χ4n) is 2.73. The number of hydrogen-bond acceptors (Lipinski definition) is 2. The van der Waals surface area contributed by atoms with Crippen LogP contribution < -0.4 is 10.6 Å². The summed E-state index contributed by atoms with van der Waals surface area (Å²) in [4.78, 5) is 1.84. The summed E-state index contributed by atoms with van der Waals surface area (Å²) >= 11 is 0. The van der Waals surface area contributed by atoms with Crippen LogP contribution in [0, 0.1) is 11.6 Å². The molecule has 0 bridgehead atoms. The van der Waals surface area contributed by atoms with Crippen molar-refractivity contribution < 1.29 is 8.78 Å². The summed E-state index contributed by atoms with van der Waals surface area (Å²) < 4.78 is 28.2. The minimum Gasteiger partial charge on any atom is -0.339 e. The second-order valence-corrected chi connectivity index (χ2v) is 4.96. The second kappa shape index (κ2) is 5.21. The van der Waals surface area contributed by atoms with Gasteiger partial charge in [-0.15, -0.1) is 0 Å². The van der Waals surface area contributed by atoms with Gasteiger partial charge in [0.1, 0.15) is 0 Å². The molecule has 4 heteroatoms. The molecule has 2 aromatic rings. The molecule has 0 unspecified atom stereocenters. The number of halogens is 2. The zero-order valence-corrected chi connectivity index (χ0v) is 11.1. The molecule has 0 amide bonds. The lowest BCUT2D eigenvalue weighted by molar-refractivity contribution is 0.498. The molecule has 1 heterocycles. The number of fused-ring (bicyclic) bond motifs is 1. The molecule has 1 aliphatic heterocycles. The molecular weight excluding hydrogens is 258 g/mol. The minimum absolute atomic E-state index is 0.000377. The number of aryl methyl sites for hydroxylation is 1. The largest absolute Gasteiger partial charge is 0.339 e. The normalized spacial score (nSPS) is 14.2. The van der Waals surface area contributed by atoms with Gasteiger partial charge >= 0.3 is 0 Å². The summed E-state index contributed by atoms with van der Waals surface area (Å²) in [6, 6.07) is 11.0. The maximum atomic E-state index is 14.3. The number of nitrogens with zero attached hydrogens (tertiary/aromatic N) is 1. The highest BCUT2D eigenvalue weighted by molar-refractivity contribution is 5.68. The first-order valence-corrected chi connectivity index (χ1v) is 6.74. The van der Waals surface area contributed by atoms with Gasteiger partial charge in [-0.25, -0.2) is 8.78 Å². The molecule has 2 nitrogen and oxygen atoms in total. The number of anilines is 2. The third-order valence-corrected chi connectivity index (χ3v) is 3.76. The fraction of sp³-hybridized carbons (Fsp3) is 0.250. The Morgan fingerprint density at radius 2 is 1.80 bits per heavy atom. The maximum Gasteiger partial charge on any atom is 0.182 e. The number of nitrogens with two attached hydrogens (primary N) is 1. The van der Waals surface area contributed by atoms with Crippen molar-refractivity contribution in [3.05, 3.63) is 59.2 Å². The van der Waals surface area contributed by atoms with E-state index >= 15 is 0 Å². The molecule has 0 saturated carbocycles. The van der Waals surface area contributed by atoms with E-state index < -0.39 is 11.6 Å². The Kier molecular flexibility index (Phi) is 3.40. The zero-order chi connectivity index (χ0) is 14.1. The van der Waals surface area contributed by atoms with E-state index in [-0.39, 0.29) is 17.8 Å². The van der Waals surface area contributed by atoms with E-state index in [0.717, 1.165) is 18.5 Å². The third kappa shape index (κ3) is 2.06. The van der Waals surface area contributed by atoms with Gasteiger partial charge in [0.05, 0.1) is 5.69 Å². The minimum atomic E-state index is -0.840. The van der Waals surface area contributed by atoms with Gasteiger partial charge < -0.3 is 10.6 Å². The highest BCUT2D eigenvalue weighted by Crippen LogP contribution is 2.35. The van der Waals surface area contributed by atoms with Crippen molar-refractivity contribution in [3.8, 4) is 0 Å². The van der Waals surface area contributed by atoms with E-state index in [4.69, 9.17) is 5.73 Å². The fourth-order valence-corrected chi connectivity index (χ4v) is 2.73. The Balaban J connectivity index is 2.09. The highest BCUT2D eigenvalue weighted by atomic mass is 19.2. The topological polar surface area (TPSA) is 29.3 Å². The van der Waals surface area contributed by atoms with E-state index in [1.165, 1.54) is 5.56 Å². The third-order valence-electron chi connectivity index (χ3n) is 3.76. The first-order chi connectivity index (χ1) is 9.72. The van der Waals surface area contributed by atoms with Gasteiger partial charge in [-0.1, -0.05) is 24.3 Å². The number of hydrogen-bond donors (Lipinski definition) is 1. The summed E-state index contributed by atoms with van der Waals surface area (Å²) in [5.74, 6) is -1.65. The predicted octanol–water partition coefficient (Wildman–Crippen LogP) is 3.51. The number of rotatable bonds is 2. The van der Waals surface area contributed by atoms with Crippen molar-refractivity contribution in [1.82, 2.24) is 0 Å². The van der Waals surface area contributed by atoms with Crippen LogP contribution in [0.25, 0.3) is 0 Å². The Hall–Kier alpha value is -1.94. The van der Waals surface area contributed by atoms with Crippen LogP contribution in [0.15, 0.2) is 36.4 Å². The van der Waals surface area contributed by atoms with Crippen LogP contribution in [0.4, 0.5) is 20.2 Å². The van der Waals surface area contributed by atoms with E-state index in [1.54, 1.807) is 12.1 Å². The van der Waals surface area contributed by atoms with Gasteiger partial charge in [-0.05, 0) is 30.5 Å². The predicted molar refractivity (Wildman–Crippen MR) is 76.0 cm³/mol. The molecule has 0 aromatic heterocycles. The average molecular weight is 274 g/mol. The van der Waals surface area contributed by atoms with Crippen molar-refractivity contribution in [1.29, 1.82) is 0 Å². The summed E-state index contributed by atoms with van der Waals surface area (Å²) in [5.41, 5.74) is 8.02. The average Bonchev–Trinajstić information content (AvgIpc) is 2.50. The number of para-hydroxylation sites is 1. The van der Waals surface area contributed by atoms with Crippen LogP contribution in [-0.2, 0) is 13.0 Å². The molecule has 2 N–H and O–H groups in total. The molecule has 104 valence electrons. The zero-order valence-electron chi connectivity index (χ0n) is 11.1. The van der Waals surface area contributed by atoms with E-state index in [2.05, 4.69) is 0 Å². The van der Waals surface area contributed by atoms with Crippen molar-refractivity contribution in [2.24, 2.45) is 5.73 Å². The summed E-state index contributed by atoms with van der Waals surface area (Å²) in [5, 5.41) is 0. The lowest BCUT2D eigenvalue weighted by Gasteiger charge is -2.31. The van der Waals surface area contributed by atoms with Crippen LogP contribution in [0.1, 0.15) is 17.5 Å². The van der Waals surface area contributed by atoms with Crippen LogP contribution in [0.3, 0.4) is 0 Å². The number of benzene rings is 2. The Bertz CT molecular complexity index is 640. The van der Waals surface area contributed by atoms with E-state index in [0.29, 0.717) is 6.54 Å². The van der Waals surface area contributed by atoms with Gasteiger partial charge in [0.2, 0.25) is 0 Å². The first-order valence-electron chi connectivity index (χ1n) is 6.74. The van der Waals surface area contributed by atoms with Crippen molar-refractivity contribution in [2.75, 3.05) is 11.4 Å². The molecule has 20 heavy (non-hydrogen) atoms. The summed E-state index contributed by atoms with van der Waals surface area (Å²) in [6.07, 6.45) is 1.90. The molecule has 0 spiro atoms. The summed E-state index contributed by atoms with van der Waals surface area (Å²) in [6.45, 7) is 0.689. The lowest BCUT2D eigenvalue weighted by atomic mass is 10.0. The lowest BCUT2D eigenvalue weighted by Crippen LogP contribution is -2.25. The van der Waals surface area contributed by atoms with Crippen LogP contribution in [-0.4, -0.2) is 6.54 Å². The Morgan fingerprint density at radius 1 is 1.00 bits per heavy atom. The van der Waals surface area contributed by atoms with Gasteiger partial charge in [0.25, 0.3) is 0 Å². The molecule has 1 aliphatic rings. The Labute approximate surface area is 116 Å². The smallest absolute Gasteiger partial charge is 0.182 e. The highest BCUT2D eigenvalue weighted by Gasteiger charge is 2.22. The standard InChI is InChI=1S/C16H16F2N2/c17-15-12(10-19)7-8-14(16(15)18)20-9-3-5-11-4-1-2-6-13(11)20/h1-2,4,6-8H,3,5,9-10,19H2. The van der Waals surface area contributed by atoms with Crippen LogP contribution in [0.5, 0.6) is 0 Å². The van der Waals surface area contributed by atoms with Gasteiger partial charge in [-0.3, -0.25) is 0 Å². The first kappa shape index (κ1) is 13.1. The molecular formula is C16H16F2N2. The molecule has 2 aromatic carbocycles. The Morgan fingerprint density at radius 3 is 2.60 bits per heavy atom. The van der Waals surface area contributed by atoms with E-state index in [1.807, 2.05) is 29.2 Å². The maximum absolute atomic E-state index is 14.3. The second-order valence-electron chi connectivity index (χ2n) is 4.96.